The van der Waals surface area contributed by atoms with Crippen LogP contribution in [0, 0.1) is 17.2 Å². The molecule has 1 aromatic rings. The SMILES string of the molecule is COc1ccnc(CN2CCCC(C#N)C2)c1OC. The first-order valence-corrected chi connectivity index (χ1v) is 6.46. The van der Waals surface area contributed by atoms with E-state index in [1.165, 1.54) is 0 Å². The van der Waals surface area contributed by atoms with Crippen LogP contribution in [0.1, 0.15) is 18.5 Å². The molecule has 1 unspecified atom stereocenters. The van der Waals surface area contributed by atoms with Gasteiger partial charge in [0.05, 0.1) is 26.2 Å². The largest absolute Gasteiger partial charge is 0.493 e. The molecule has 2 heterocycles. The molecule has 1 atom stereocenters. The third kappa shape index (κ3) is 3.15. The molecule has 0 N–H and O–H groups in total. The van der Waals surface area contributed by atoms with Gasteiger partial charge < -0.3 is 9.47 Å². The van der Waals surface area contributed by atoms with Crippen LogP contribution in [0.2, 0.25) is 0 Å². The third-order valence-corrected chi connectivity index (χ3v) is 3.43. The van der Waals surface area contributed by atoms with Gasteiger partial charge in [-0.1, -0.05) is 0 Å². The van der Waals surface area contributed by atoms with Crippen molar-refractivity contribution in [2.75, 3.05) is 27.3 Å². The molecule has 0 amide bonds. The first-order valence-electron chi connectivity index (χ1n) is 6.46. The van der Waals surface area contributed by atoms with E-state index in [1.54, 1.807) is 26.5 Å². The predicted molar refractivity (Wildman–Crippen MR) is 71.0 cm³/mol. The molecule has 102 valence electrons. The summed E-state index contributed by atoms with van der Waals surface area (Å²) in [6, 6.07) is 4.14. The maximum Gasteiger partial charge on any atom is 0.183 e. The number of piperidine rings is 1. The van der Waals surface area contributed by atoms with E-state index in [0.29, 0.717) is 18.0 Å². The number of pyridine rings is 1. The van der Waals surface area contributed by atoms with Crippen molar-refractivity contribution in [3.63, 3.8) is 0 Å². The molecule has 1 aliphatic heterocycles. The lowest BCUT2D eigenvalue weighted by Gasteiger charge is -2.29. The second-order valence-corrected chi connectivity index (χ2v) is 4.70. The van der Waals surface area contributed by atoms with Crippen LogP contribution in [0.5, 0.6) is 11.5 Å². The van der Waals surface area contributed by atoms with Gasteiger partial charge in [0.25, 0.3) is 0 Å². The Morgan fingerprint density at radius 3 is 3.00 bits per heavy atom. The standard InChI is InChI=1S/C14H19N3O2/c1-18-13-5-6-16-12(14(13)19-2)10-17-7-3-4-11(8-15)9-17/h5-6,11H,3-4,7,9-10H2,1-2H3. The maximum atomic E-state index is 9.02. The van der Waals surface area contributed by atoms with Gasteiger partial charge in [0.15, 0.2) is 11.5 Å². The summed E-state index contributed by atoms with van der Waals surface area (Å²) in [6.45, 7) is 2.50. The van der Waals surface area contributed by atoms with Crippen LogP contribution in [0.15, 0.2) is 12.3 Å². The Morgan fingerprint density at radius 2 is 2.32 bits per heavy atom. The Labute approximate surface area is 113 Å². The molecule has 0 aliphatic carbocycles. The number of ether oxygens (including phenoxy) is 2. The van der Waals surface area contributed by atoms with Gasteiger partial charge >= 0.3 is 0 Å². The Kier molecular flexibility index (Phi) is 4.58. The van der Waals surface area contributed by atoms with E-state index < -0.39 is 0 Å². The first kappa shape index (κ1) is 13.6. The highest BCUT2D eigenvalue weighted by Gasteiger charge is 2.21. The normalized spacial score (nSPS) is 19.7. The fraction of sp³-hybridized carbons (Fsp3) is 0.571. The Hall–Kier alpha value is -1.80. The second-order valence-electron chi connectivity index (χ2n) is 4.70. The second kappa shape index (κ2) is 6.39. The number of hydrogen-bond donors (Lipinski definition) is 0. The Bertz CT molecular complexity index is 470. The number of nitrogens with zero attached hydrogens (tertiary/aromatic N) is 3. The van der Waals surface area contributed by atoms with Crippen LogP contribution in [0.25, 0.3) is 0 Å². The minimum atomic E-state index is 0.130. The summed E-state index contributed by atoms with van der Waals surface area (Å²) in [4.78, 5) is 6.63. The quantitative estimate of drug-likeness (QED) is 0.827. The van der Waals surface area contributed by atoms with Crippen LogP contribution < -0.4 is 9.47 Å². The van der Waals surface area contributed by atoms with E-state index in [2.05, 4.69) is 16.0 Å². The molecule has 1 fully saturated rings. The molecule has 1 saturated heterocycles. The third-order valence-electron chi connectivity index (χ3n) is 3.43. The lowest BCUT2D eigenvalue weighted by molar-refractivity contribution is 0.187. The molecule has 2 rings (SSSR count). The lowest BCUT2D eigenvalue weighted by Crippen LogP contribution is -2.34. The minimum Gasteiger partial charge on any atom is -0.493 e. The van der Waals surface area contributed by atoms with E-state index in [1.807, 2.05) is 0 Å². The summed E-state index contributed by atoms with van der Waals surface area (Å²) >= 11 is 0. The maximum absolute atomic E-state index is 9.02. The van der Waals surface area contributed by atoms with Crippen molar-refractivity contribution in [3.8, 4) is 17.6 Å². The average Bonchev–Trinajstić information content (AvgIpc) is 2.47. The van der Waals surface area contributed by atoms with Gasteiger partial charge in [-0.15, -0.1) is 0 Å². The fourth-order valence-electron chi connectivity index (χ4n) is 2.48. The molecular formula is C14H19N3O2. The van der Waals surface area contributed by atoms with Crippen LogP contribution in [0.4, 0.5) is 0 Å². The van der Waals surface area contributed by atoms with Gasteiger partial charge in [-0.05, 0) is 19.4 Å². The van der Waals surface area contributed by atoms with Gasteiger partial charge in [0, 0.05) is 25.4 Å². The minimum absolute atomic E-state index is 0.130. The summed E-state index contributed by atoms with van der Waals surface area (Å²) in [7, 11) is 3.24. The van der Waals surface area contributed by atoms with E-state index >= 15 is 0 Å². The first-order chi connectivity index (χ1) is 9.28. The van der Waals surface area contributed by atoms with Crippen LogP contribution in [-0.4, -0.2) is 37.2 Å². The number of methoxy groups -OCH3 is 2. The summed E-state index contributed by atoms with van der Waals surface area (Å²) in [5.74, 6) is 1.51. The fourth-order valence-corrected chi connectivity index (χ4v) is 2.48. The number of aromatic nitrogens is 1. The number of rotatable bonds is 4. The zero-order valence-corrected chi connectivity index (χ0v) is 11.4. The zero-order valence-electron chi connectivity index (χ0n) is 11.4. The predicted octanol–water partition coefficient (Wildman–Crippen LogP) is 1.83. The van der Waals surface area contributed by atoms with Gasteiger partial charge in [-0.3, -0.25) is 9.88 Å². The average molecular weight is 261 g/mol. The van der Waals surface area contributed by atoms with Crippen molar-refractivity contribution in [2.24, 2.45) is 5.92 Å². The zero-order chi connectivity index (χ0) is 13.7. The summed E-state index contributed by atoms with van der Waals surface area (Å²) < 4.78 is 10.7. The number of nitriles is 1. The highest BCUT2D eigenvalue weighted by molar-refractivity contribution is 5.42. The smallest absolute Gasteiger partial charge is 0.183 e. The number of hydrogen-bond acceptors (Lipinski definition) is 5. The molecular weight excluding hydrogens is 242 g/mol. The lowest BCUT2D eigenvalue weighted by atomic mass is 9.99. The molecule has 0 bridgehead atoms. The molecule has 0 radical (unpaired) electrons. The molecule has 1 aromatic heterocycles. The topological polar surface area (TPSA) is 58.4 Å². The molecule has 5 heteroatoms. The van der Waals surface area contributed by atoms with Crippen molar-refractivity contribution in [1.29, 1.82) is 5.26 Å². The van der Waals surface area contributed by atoms with Crippen molar-refractivity contribution >= 4 is 0 Å². The van der Waals surface area contributed by atoms with Crippen molar-refractivity contribution < 1.29 is 9.47 Å². The van der Waals surface area contributed by atoms with E-state index in [-0.39, 0.29) is 5.92 Å². The Morgan fingerprint density at radius 1 is 1.47 bits per heavy atom. The Balaban J connectivity index is 2.12. The van der Waals surface area contributed by atoms with Crippen molar-refractivity contribution in [3.05, 3.63) is 18.0 Å². The molecule has 5 nitrogen and oxygen atoms in total. The van der Waals surface area contributed by atoms with Crippen LogP contribution in [-0.2, 0) is 6.54 Å². The molecule has 19 heavy (non-hydrogen) atoms. The number of likely N-dealkylation sites (tertiary alicyclic amines) is 1. The monoisotopic (exact) mass is 261 g/mol. The van der Waals surface area contributed by atoms with Gasteiger partial charge in [0.2, 0.25) is 0 Å². The highest BCUT2D eigenvalue weighted by Crippen LogP contribution is 2.30. The highest BCUT2D eigenvalue weighted by atomic mass is 16.5. The van der Waals surface area contributed by atoms with Crippen LogP contribution in [0.3, 0.4) is 0 Å². The summed E-state index contributed by atoms with van der Waals surface area (Å²) in [5, 5.41) is 9.02. The van der Waals surface area contributed by atoms with E-state index in [9.17, 15) is 0 Å². The molecule has 0 aromatic carbocycles. The van der Waals surface area contributed by atoms with E-state index in [0.717, 1.165) is 31.6 Å². The molecule has 0 saturated carbocycles. The van der Waals surface area contributed by atoms with E-state index in [4.69, 9.17) is 14.7 Å². The molecule has 0 spiro atoms. The van der Waals surface area contributed by atoms with Gasteiger partial charge in [-0.2, -0.15) is 5.26 Å². The summed E-state index contributed by atoms with van der Waals surface area (Å²) in [5.41, 5.74) is 0.862. The molecule has 1 aliphatic rings. The van der Waals surface area contributed by atoms with Gasteiger partial charge in [-0.25, -0.2) is 0 Å². The van der Waals surface area contributed by atoms with Gasteiger partial charge in [0.1, 0.15) is 5.69 Å². The van der Waals surface area contributed by atoms with Crippen molar-refractivity contribution in [2.45, 2.75) is 19.4 Å². The van der Waals surface area contributed by atoms with Crippen molar-refractivity contribution in [1.82, 2.24) is 9.88 Å². The van der Waals surface area contributed by atoms with Crippen LogP contribution >= 0.6 is 0 Å². The summed E-state index contributed by atoms with van der Waals surface area (Å²) in [6.07, 6.45) is 3.78.